The van der Waals surface area contributed by atoms with Crippen LogP contribution in [0.25, 0.3) is 0 Å². The molecule has 0 aromatic heterocycles. The molecule has 5 aliphatic rings. The molecule has 1 aromatic rings. The van der Waals surface area contributed by atoms with Gasteiger partial charge in [-0.3, -0.25) is 9.59 Å². The zero-order valence-electron chi connectivity index (χ0n) is 26.4. The third-order valence-corrected chi connectivity index (χ3v) is 12.3. The fourth-order valence-electron chi connectivity index (χ4n) is 9.80. The number of aromatic hydroxyl groups is 1. The molecule has 0 radical (unpaired) electrons. The SMILES string of the molecule is COc1cc2c(cc1O)[C@H](CCCO)C#C[C@@]1(CC[C@@H](CC3([C@H]4CN[C@@H]5CC(=O)CC[C@@H]5C4)CCCC3)C[C@H]1O)C(=O)CC2. The zero-order valence-corrected chi connectivity index (χ0v) is 26.4. The molecule has 4 aliphatic carbocycles. The number of hydrogen-bond donors (Lipinski definition) is 4. The number of fused-ring (bicyclic) bond motifs is 2. The number of ketones is 2. The van der Waals surface area contributed by atoms with Crippen LogP contribution in [0, 0.1) is 40.4 Å². The lowest BCUT2D eigenvalue weighted by Gasteiger charge is -2.49. The molecule has 240 valence electrons. The fraction of sp³-hybridized carbons (Fsp3) is 0.730. The third-order valence-electron chi connectivity index (χ3n) is 12.3. The van der Waals surface area contributed by atoms with Crippen molar-refractivity contribution in [2.75, 3.05) is 20.3 Å². The molecular formula is C37H51NO6. The first kappa shape index (κ1) is 31.6. The molecule has 6 rings (SSSR count). The maximum Gasteiger partial charge on any atom is 0.160 e. The van der Waals surface area contributed by atoms with Gasteiger partial charge in [0.25, 0.3) is 0 Å². The van der Waals surface area contributed by atoms with E-state index in [9.17, 15) is 24.9 Å². The maximum absolute atomic E-state index is 14.0. The summed E-state index contributed by atoms with van der Waals surface area (Å²) in [7, 11) is 1.52. The molecule has 1 spiro atoms. The second kappa shape index (κ2) is 13.1. The number of carbonyl (C=O) groups excluding carboxylic acids is 2. The molecule has 44 heavy (non-hydrogen) atoms. The minimum Gasteiger partial charge on any atom is -0.504 e. The molecule has 1 saturated heterocycles. The molecule has 0 amide bonds. The van der Waals surface area contributed by atoms with E-state index in [4.69, 9.17) is 4.74 Å². The predicted octanol–water partition coefficient (Wildman–Crippen LogP) is 5.22. The molecule has 7 nitrogen and oxygen atoms in total. The first-order valence-corrected chi connectivity index (χ1v) is 17.3. The highest BCUT2D eigenvalue weighted by molar-refractivity contribution is 5.89. The minimum atomic E-state index is -1.07. The quantitative estimate of drug-likeness (QED) is 0.315. The van der Waals surface area contributed by atoms with Gasteiger partial charge in [-0.1, -0.05) is 24.7 Å². The number of phenolic OH excluding ortho intramolecular Hbond substituents is 1. The summed E-state index contributed by atoms with van der Waals surface area (Å²) in [6.07, 6.45) is 13.0. The number of aliphatic hydroxyl groups is 2. The number of piperidine rings is 1. The number of benzene rings is 1. The second-order valence-electron chi connectivity index (χ2n) is 14.7. The van der Waals surface area contributed by atoms with E-state index in [-0.39, 0.29) is 35.9 Å². The fourth-order valence-corrected chi connectivity index (χ4v) is 9.80. The lowest BCUT2D eigenvalue weighted by atomic mass is 9.58. The number of Topliss-reactive ketones (excluding diaryl/α,β-unsaturated/α-hetero) is 2. The van der Waals surface area contributed by atoms with Gasteiger partial charge in [0, 0.05) is 37.8 Å². The van der Waals surface area contributed by atoms with Crippen LogP contribution >= 0.6 is 0 Å². The van der Waals surface area contributed by atoms with E-state index in [1.165, 1.54) is 39.2 Å². The van der Waals surface area contributed by atoms with Gasteiger partial charge in [0.2, 0.25) is 0 Å². The molecule has 1 aromatic carbocycles. The van der Waals surface area contributed by atoms with Crippen LogP contribution in [0.2, 0.25) is 0 Å². The standard InChI is InChI=1S/C37H51NO6/c1-44-33-19-26-7-9-34(42)37(15-11-25(5-4-16-39)30(26)21-32(33)41)14-10-24(17-35(37)43)22-36(12-2-3-13-36)28-18-27-6-8-29(40)20-31(27)38-23-28/h19,21,24-25,27-28,31,35,38-39,41,43H,2-10,12-14,16-18,20,22-23H2,1H3/t24-,25-,27-,28-,31-,35-,37+/m1/s1. The third kappa shape index (κ3) is 6.07. The average Bonchev–Trinajstić information content (AvgIpc) is 3.51. The van der Waals surface area contributed by atoms with Crippen LogP contribution in [0.1, 0.15) is 113 Å². The van der Waals surface area contributed by atoms with Crippen molar-refractivity contribution in [1.29, 1.82) is 0 Å². The lowest BCUT2D eigenvalue weighted by Crippen LogP contribution is -2.53. The Labute approximate surface area is 262 Å². The van der Waals surface area contributed by atoms with Crippen LogP contribution < -0.4 is 10.1 Å². The normalized spacial score (nSPS) is 35.1. The van der Waals surface area contributed by atoms with Gasteiger partial charge in [0.05, 0.1) is 13.2 Å². The Morgan fingerprint density at radius 3 is 2.64 bits per heavy atom. The maximum atomic E-state index is 14.0. The smallest absolute Gasteiger partial charge is 0.160 e. The van der Waals surface area contributed by atoms with E-state index in [1.807, 2.05) is 6.07 Å². The second-order valence-corrected chi connectivity index (χ2v) is 14.7. The van der Waals surface area contributed by atoms with Crippen molar-refractivity contribution in [1.82, 2.24) is 5.32 Å². The van der Waals surface area contributed by atoms with E-state index < -0.39 is 11.5 Å². The van der Waals surface area contributed by atoms with Crippen molar-refractivity contribution >= 4 is 11.6 Å². The summed E-state index contributed by atoms with van der Waals surface area (Å²) in [6.45, 7) is 1.04. The molecule has 7 atom stereocenters. The summed E-state index contributed by atoms with van der Waals surface area (Å²) in [5.41, 5.74) is 1.02. The largest absolute Gasteiger partial charge is 0.504 e. The monoisotopic (exact) mass is 605 g/mol. The minimum absolute atomic E-state index is 0.0155. The number of methoxy groups -OCH3 is 1. The number of aliphatic hydroxyl groups excluding tert-OH is 2. The van der Waals surface area contributed by atoms with Crippen molar-refractivity contribution in [3.63, 3.8) is 0 Å². The number of carbonyl (C=O) groups is 2. The van der Waals surface area contributed by atoms with Gasteiger partial charge in [-0.05, 0) is 124 Å². The number of ether oxygens (including phenoxy) is 1. The van der Waals surface area contributed by atoms with E-state index in [1.54, 1.807) is 6.07 Å². The van der Waals surface area contributed by atoms with E-state index in [2.05, 4.69) is 17.2 Å². The van der Waals surface area contributed by atoms with Crippen molar-refractivity contribution < 1.29 is 29.6 Å². The van der Waals surface area contributed by atoms with E-state index in [0.717, 1.165) is 43.4 Å². The molecule has 0 unspecified atom stereocenters. The molecule has 4 fully saturated rings. The Hall–Kier alpha value is -2.40. The summed E-state index contributed by atoms with van der Waals surface area (Å²) < 4.78 is 5.36. The first-order chi connectivity index (χ1) is 21.3. The van der Waals surface area contributed by atoms with Crippen LogP contribution in [0.4, 0.5) is 0 Å². The summed E-state index contributed by atoms with van der Waals surface area (Å²) in [6, 6.07) is 3.87. The molecular weight excluding hydrogens is 554 g/mol. The van der Waals surface area contributed by atoms with Gasteiger partial charge in [-0.15, -0.1) is 0 Å². The molecule has 1 heterocycles. The lowest BCUT2D eigenvalue weighted by molar-refractivity contribution is -0.135. The Morgan fingerprint density at radius 2 is 1.89 bits per heavy atom. The highest BCUT2D eigenvalue weighted by atomic mass is 16.5. The molecule has 7 heteroatoms. The number of hydrogen-bond acceptors (Lipinski definition) is 7. The van der Waals surface area contributed by atoms with Crippen LogP contribution in [-0.4, -0.2) is 59.3 Å². The predicted molar refractivity (Wildman–Crippen MR) is 168 cm³/mol. The zero-order chi connectivity index (χ0) is 30.9. The Bertz CT molecular complexity index is 1290. The van der Waals surface area contributed by atoms with Crippen molar-refractivity contribution in [2.45, 2.75) is 121 Å². The number of aryl methyl sites for hydroxylation is 1. The Kier molecular flexibility index (Phi) is 9.43. The summed E-state index contributed by atoms with van der Waals surface area (Å²) >= 11 is 0. The van der Waals surface area contributed by atoms with Crippen molar-refractivity contribution in [3.8, 4) is 23.3 Å². The van der Waals surface area contributed by atoms with Crippen LogP contribution in [0.3, 0.4) is 0 Å². The Morgan fingerprint density at radius 1 is 1.07 bits per heavy atom. The molecule has 0 bridgehead atoms. The van der Waals surface area contributed by atoms with Gasteiger partial charge in [-0.25, -0.2) is 0 Å². The molecule has 1 aliphatic heterocycles. The Balaban J connectivity index is 1.20. The average molecular weight is 606 g/mol. The van der Waals surface area contributed by atoms with Gasteiger partial charge >= 0.3 is 0 Å². The van der Waals surface area contributed by atoms with Crippen molar-refractivity contribution in [3.05, 3.63) is 23.3 Å². The van der Waals surface area contributed by atoms with Crippen LogP contribution in [0.5, 0.6) is 11.5 Å². The summed E-state index contributed by atoms with van der Waals surface area (Å²) in [5.74, 6) is 8.92. The number of nitrogens with one attached hydrogen (secondary N) is 1. The van der Waals surface area contributed by atoms with Crippen molar-refractivity contribution in [2.24, 2.45) is 28.6 Å². The van der Waals surface area contributed by atoms with Gasteiger partial charge < -0.3 is 25.4 Å². The van der Waals surface area contributed by atoms with Gasteiger partial charge in [0.15, 0.2) is 17.3 Å². The summed E-state index contributed by atoms with van der Waals surface area (Å²) in [5, 5.41) is 35.8. The molecule has 3 saturated carbocycles. The van der Waals surface area contributed by atoms with Crippen LogP contribution in [0.15, 0.2) is 12.1 Å². The number of phenols is 1. The highest BCUT2D eigenvalue weighted by Crippen LogP contribution is 2.55. The van der Waals surface area contributed by atoms with Crippen LogP contribution in [-0.2, 0) is 16.0 Å². The number of rotatable bonds is 7. The van der Waals surface area contributed by atoms with Gasteiger partial charge in [-0.2, -0.15) is 0 Å². The highest BCUT2D eigenvalue weighted by Gasteiger charge is 2.51. The molecule has 4 N–H and O–H groups in total. The first-order valence-electron chi connectivity index (χ1n) is 17.3. The van der Waals surface area contributed by atoms with Gasteiger partial charge in [0.1, 0.15) is 11.2 Å². The topological polar surface area (TPSA) is 116 Å². The van der Waals surface area contributed by atoms with E-state index in [0.29, 0.717) is 73.9 Å². The summed E-state index contributed by atoms with van der Waals surface area (Å²) in [4.78, 5) is 26.0. The van der Waals surface area contributed by atoms with E-state index >= 15 is 0 Å².